The van der Waals surface area contributed by atoms with E-state index in [1.54, 1.807) is 18.2 Å². The summed E-state index contributed by atoms with van der Waals surface area (Å²) in [5.41, 5.74) is 5.85. The highest BCUT2D eigenvalue weighted by molar-refractivity contribution is 5.73. The molecule has 0 fully saturated rings. The molecule has 4 heteroatoms. The van der Waals surface area contributed by atoms with Crippen molar-refractivity contribution in [2.45, 2.75) is 6.04 Å². The number of rotatable bonds is 1. The van der Waals surface area contributed by atoms with Crippen LogP contribution in [0.2, 0.25) is 0 Å². The van der Waals surface area contributed by atoms with Crippen molar-refractivity contribution in [3.8, 4) is 0 Å². The third-order valence-electron chi connectivity index (χ3n) is 1.94. The van der Waals surface area contributed by atoms with Gasteiger partial charge in [-0.3, -0.25) is 0 Å². The Morgan fingerprint density at radius 2 is 2.23 bits per heavy atom. The molecule has 0 bridgehead atoms. The molecular formula is C9H9FN2O. The first-order valence-electron chi connectivity index (χ1n) is 3.98. The van der Waals surface area contributed by atoms with Crippen LogP contribution in [0.3, 0.4) is 0 Å². The topological polar surface area (TPSA) is 47.6 Å². The molecule has 2 rings (SSSR count). The van der Waals surface area contributed by atoms with Gasteiger partial charge in [0.1, 0.15) is 18.5 Å². The molecule has 1 atom stereocenters. The zero-order chi connectivity index (χ0) is 9.26. The van der Waals surface area contributed by atoms with Crippen LogP contribution in [0.25, 0.3) is 0 Å². The van der Waals surface area contributed by atoms with Gasteiger partial charge in [0.15, 0.2) is 0 Å². The molecule has 1 aliphatic heterocycles. The molecule has 0 saturated heterocycles. The lowest BCUT2D eigenvalue weighted by Gasteiger charge is -2.05. The van der Waals surface area contributed by atoms with Gasteiger partial charge in [0.25, 0.3) is 6.02 Å². The number of hydrogen-bond donors (Lipinski definition) is 1. The maximum absolute atomic E-state index is 13.2. The summed E-state index contributed by atoms with van der Waals surface area (Å²) < 4.78 is 18.1. The van der Waals surface area contributed by atoms with E-state index >= 15 is 0 Å². The zero-order valence-electron chi connectivity index (χ0n) is 6.90. The number of benzene rings is 1. The van der Waals surface area contributed by atoms with Crippen molar-refractivity contribution in [2.24, 2.45) is 10.7 Å². The van der Waals surface area contributed by atoms with Gasteiger partial charge in [0.05, 0.1) is 0 Å². The van der Waals surface area contributed by atoms with Crippen LogP contribution in [0.15, 0.2) is 29.3 Å². The SMILES string of the molecule is NC1=N[C@@H](c2ccccc2F)CO1. The van der Waals surface area contributed by atoms with E-state index in [9.17, 15) is 4.39 Å². The van der Waals surface area contributed by atoms with Crippen LogP contribution in [0.4, 0.5) is 4.39 Å². The molecule has 1 aromatic carbocycles. The lowest BCUT2D eigenvalue weighted by molar-refractivity contribution is 0.312. The number of amidine groups is 1. The molecule has 3 nitrogen and oxygen atoms in total. The molecule has 0 unspecified atom stereocenters. The van der Waals surface area contributed by atoms with Crippen molar-refractivity contribution in [3.05, 3.63) is 35.6 Å². The molecule has 13 heavy (non-hydrogen) atoms. The smallest absolute Gasteiger partial charge is 0.282 e. The lowest BCUT2D eigenvalue weighted by Crippen LogP contribution is -2.10. The maximum Gasteiger partial charge on any atom is 0.282 e. The van der Waals surface area contributed by atoms with Gasteiger partial charge < -0.3 is 10.5 Å². The van der Waals surface area contributed by atoms with Crippen molar-refractivity contribution in [2.75, 3.05) is 6.61 Å². The van der Waals surface area contributed by atoms with E-state index in [1.807, 2.05) is 0 Å². The standard InChI is InChI=1S/C9H9FN2O/c10-7-4-2-1-3-6(7)8-5-13-9(11)12-8/h1-4,8H,5H2,(H2,11,12)/t8-/m1/s1. The number of halogens is 1. The van der Waals surface area contributed by atoms with E-state index in [0.29, 0.717) is 12.2 Å². The molecule has 1 aromatic rings. The van der Waals surface area contributed by atoms with Crippen LogP contribution in [0, 0.1) is 5.82 Å². The van der Waals surface area contributed by atoms with E-state index in [-0.39, 0.29) is 17.9 Å². The van der Waals surface area contributed by atoms with Crippen molar-refractivity contribution < 1.29 is 9.13 Å². The van der Waals surface area contributed by atoms with Gasteiger partial charge in [0, 0.05) is 5.56 Å². The summed E-state index contributed by atoms with van der Waals surface area (Å²) in [6.45, 7) is 0.326. The summed E-state index contributed by atoms with van der Waals surface area (Å²) in [5.74, 6) is -0.269. The van der Waals surface area contributed by atoms with Crippen molar-refractivity contribution in [3.63, 3.8) is 0 Å². The number of ether oxygens (including phenoxy) is 1. The highest BCUT2D eigenvalue weighted by Gasteiger charge is 2.20. The second kappa shape index (κ2) is 3.05. The largest absolute Gasteiger partial charge is 0.463 e. The van der Waals surface area contributed by atoms with Crippen LogP contribution in [-0.2, 0) is 4.74 Å². The third-order valence-corrected chi connectivity index (χ3v) is 1.94. The lowest BCUT2D eigenvalue weighted by atomic mass is 10.1. The third kappa shape index (κ3) is 1.47. The fourth-order valence-corrected chi connectivity index (χ4v) is 1.30. The van der Waals surface area contributed by atoms with Crippen LogP contribution in [-0.4, -0.2) is 12.6 Å². The molecular weight excluding hydrogens is 171 g/mol. The highest BCUT2D eigenvalue weighted by Crippen LogP contribution is 2.23. The summed E-state index contributed by atoms with van der Waals surface area (Å²) in [7, 11) is 0. The van der Waals surface area contributed by atoms with E-state index in [2.05, 4.69) is 4.99 Å². The maximum atomic E-state index is 13.2. The minimum absolute atomic E-state index is 0.133. The van der Waals surface area contributed by atoms with Gasteiger partial charge in [-0.15, -0.1) is 0 Å². The Bertz CT molecular complexity index is 351. The van der Waals surface area contributed by atoms with E-state index < -0.39 is 0 Å². The van der Waals surface area contributed by atoms with Crippen LogP contribution in [0.1, 0.15) is 11.6 Å². The number of nitrogens with two attached hydrogens (primary N) is 1. The first kappa shape index (κ1) is 8.04. The van der Waals surface area contributed by atoms with E-state index in [0.717, 1.165) is 0 Å². The monoisotopic (exact) mass is 180 g/mol. The fourth-order valence-electron chi connectivity index (χ4n) is 1.30. The van der Waals surface area contributed by atoms with Crippen LogP contribution >= 0.6 is 0 Å². The average molecular weight is 180 g/mol. The molecule has 0 spiro atoms. The number of hydrogen-bond acceptors (Lipinski definition) is 3. The molecule has 0 aromatic heterocycles. The first-order chi connectivity index (χ1) is 6.27. The molecule has 1 aliphatic rings. The predicted molar refractivity (Wildman–Crippen MR) is 46.7 cm³/mol. The first-order valence-corrected chi connectivity index (χ1v) is 3.98. The Morgan fingerprint density at radius 1 is 1.46 bits per heavy atom. The van der Waals surface area contributed by atoms with Crippen LogP contribution in [0.5, 0.6) is 0 Å². The minimum Gasteiger partial charge on any atom is -0.463 e. The van der Waals surface area contributed by atoms with Gasteiger partial charge in [-0.25, -0.2) is 9.38 Å². The normalized spacial score (nSPS) is 21.0. The van der Waals surface area contributed by atoms with Gasteiger partial charge >= 0.3 is 0 Å². The molecule has 2 N–H and O–H groups in total. The zero-order valence-corrected chi connectivity index (χ0v) is 6.90. The Kier molecular flexibility index (Phi) is 1.88. The van der Waals surface area contributed by atoms with Crippen LogP contribution < -0.4 is 5.73 Å². The number of nitrogens with zero attached hydrogens (tertiary/aromatic N) is 1. The number of aliphatic imine (C=N–C) groups is 1. The fraction of sp³-hybridized carbons (Fsp3) is 0.222. The van der Waals surface area contributed by atoms with Crippen molar-refractivity contribution in [1.82, 2.24) is 0 Å². The molecule has 0 radical (unpaired) electrons. The summed E-state index contributed by atoms with van der Waals surface area (Å²) in [4.78, 5) is 3.95. The van der Waals surface area contributed by atoms with Gasteiger partial charge in [-0.2, -0.15) is 0 Å². The van der Waals surface area contributed by atoms with Crippen molar-refractivity contribution in [1.29, 1.82) is 0 Å². The minimum atomic E-state index is -0.291. The van der Waals surface area contributed by atoms with Gasteiger partial charge in [0.2, 0.25) is 0 Å². The second-order valence-corrected chi connectivity index (χ2v) is 2.82. The van der Waals surface area contributed by atoms with Gasteiger partial charge in [-0.05, 0) is 6.07 Å². The Morgan fingerprint density at radius 3 is 2.85 bits per heavy atom. The van der Waals surface area contributed by atoms with E-state index in [1.165, 1.54) is 6.07 Å². The molecule has 0 aliphatic carbocycles. The summed E-state index contributed by atoms with van der Waals surface area (Å²) in [6, 6.07) is 6.34. The second-order valence-electron chi connectivity index (χ2n) is 2.82. The van der Waals surface area contributed by atoms with Crippen molar-refractivity contribution >= 4 is 6.02 Å². The molecule has 0 saturated carbocycles. The summed E-state index contributed by atoms with van der Waals surface area (Å²) in [5, 5.41) is 0. The quantitative estimate of drug-likeness (QED) is 0.706. The summed E-state index contributed by atoms with van der Waals surface area (Å²) in [6.07, 6.45) is 0. The predicted octanol–water partition coefficient (Wildman–Crippen LogP) is 1.21. The van der Waals surface area contributed by atoms with E-state index in [4.69, 9.17) is 10.5 Å². The Labute approximate surface area is 75.0 Å². The molecule has 68 valence electrons. The molecule has 0 amide bonds. The van der Waals surface area contributed by atoms with Gasteiger partial charge in [-0.1, -0.05) is 18.2 Å². The highest BCUT2D eigenvalue weighted by atomic mass is 19.1. The molecule has 1 heterocycles. The Hall–Kier alpha value is -1.58. The Balaban J connectivity index is 2.31. The average Bonchev–Trinajstić information content (AvgIpc) is 2.53. The summed E-state index contributed by atoms with van der Waals surface area (Å²) >= 11 is 0.